The summed E-state index contributed by atoms with van der Waals surface area (Å²) in [5.74, 6) is 6.36. The van der Waals surface area contributed by atoms with Crippen molar-refractivity contribution in [2.75, 3.05) is 0 Å². The fourth-order valence-electron chi connectivity index (χ4n) is 8.22. The van der Waals surface area contributed by atoms with Crippen LogP contribution in [0.5, 0.6) is 0 Å². The molecule has 0 spiro atoms. The van der Waals surface area contributed by atoms with Crippen molar-refractivity contribution in [2.24, 2.45) is 40.9 Å². The van der Waals surface area contributed by atoms with Gasteiger partial charge in [-0.25, -0.2) is 0 Å². The van der Waals surface area contributed by atoms with Gasteiger partial charge < -0.3 is 0 Å². The molecule has 5 unspecified atom stereocenters. The summed E-state index contributed by atoms with van der Waals surface area (Å²) in [5, 5.41) is 0. The van der Waals surface area contributed by atoms with Crippen molar-refractivity contribution in [3.8, 4) is 0 Å². The second kappa shape index (κ2) is 7.32. The van der Waals surface area contributed by atoms with E-state index in [1.807, 2.05) is 0 Å². The molecule has 0 aromatic carbocycles. The first-order valence-corrected chi connectivity index (χ1v) is 11.7. The summed E-state index contributed by atoms with van der Waals surface area (Å²) in [4.78, 5) is 0. The maximum Gasteiger partial charge on any atom is -0.0238 e. The molecule has 4 aliphatic rings. The lowest BCUT2D eigenvalue weighted by Gasteiger charge is -2.61. The van der Waals surface area contributed by atoms with Crippen LogP contribution in [0.4, 0.5) is 0 Å². The summed E-state index contributed by atoms with van der Waals surface area (Å²) >= 11 is 0. The van der Waals surface area contributed by atoms with Crippen LogP contribution < -0.4 is 0 Å². The lowest BCUT2D eigenvalue weighted by atomic mass is 9.44. The van der Waals surface area contributed by atoms with Crippen LogP contribution in [0.1, 0.15) is 110 Å². The van der Waals surface area contributed by atoms with Crippen LogP contribution in [-0.2, 0) is 0 Å². The van der Waals surface area contributed by atoms with E-state index in [-0.39, 0.29) is 0 Å². The van der Waals surface area contributed by atoms with Crippen molar-refractivity contribution >= 4 is 0 Å². The fraction of sp³-hybridized carbons (Fsp3) is 1.00. The van der Waals surface area contributed by atoms with Gasteiger partial charge in [0.25, 0.3) is 0 Å². The maximum absolute atomic E-state index is 2.80. The molecule has 24 heavy (non-hydrogen) atoms. The molecule has 0 nitrogen and oxygen atoms in total. The van der Waals surface area contributed by atoms with Crippen LogP contribution in [0.3, 0.4) is 0 Å². The molecule has 4 aliphatic carbocycles. The van der Waals surface area contributed by atoms with E-state index in [1.54, 1.807) is 44.9 Å². The third-order valence-corrected chi connectivity index (χ3v) is 9.65. The minimum absolute atomic E-state index is 0.672. The summed E-state index contributed by atoms with van der Waals surface area (Å²) in [6, 6.07) is 0. The van der Waals surface area contributed by atoms with Crippen LogP contribution in [0, 0.1) is 40.9 Å². The van der Waals surface area contributed by atoms with Gasteiger partial charge in [0.2, 0.25) is 0 Å². The van der Waals surface area contributed by atoms with E-state index in [9.17, 15) is 0 Å². The zero-order chi connectivity index (χ0) is 16.6. The highest BCUT2D eigenvalue weighted by Crippen LogP contribution is 2.62. The average molecular weight is 331 g/mol. The van der Waals surface area contributed by atoms with Gasteiger partial charge in [0.15, 0.2) is 0 Å². The van der Waals surface area contributed by atoms with E-state index in [0.29, 0.717) is 5.41 Å². The first-order valence-electron chi connectivity index (χ1n) is 11.7. The predicted octanol–water partition coefficient (Wildman–Crippen LogP) is 7.62. The molecule has 0 saturated heterocycles. The Morgan fingerprint density at radius 3 is 1.88 bits per heavy atom. The fourth-order valence-corrected chi connectivity index (χ4v) is 8.22. The molecule has 5 atom stereocenters. The standard InChI is InChI=1S/C24H42/c1-18-22(19-11-5-3-6-12-19)17-20-13-9-10-16-23(20)24(18,2)21-14-7-4-8-15-21/h18-23H,3-17H2,1-2H3. The Morgan fingerprint density at radius 1 is 0.625 bits per heavy atom. The van der Waals surface area contributed by atoms with Gasteiger partial charge in [-0.05, 0) is 66.6 Å². The predicted molar refractivity (Wildman–Crippen MR) is 104 cm³/mol. The van der Waals surface area contributed by atoms with Gasteiger partial charge in [-0.1, -0.05) is 84.5 Å². The van der Waals surface area contributed by atoms with Crippen LogP contribution in [0.25, 0.3) is 0 Å². The summed E-state index contributed by atoms with van der Waals surface area (Å²) in [6.45, 7) is 5.52. The van der Waals surface area contributed by atoms with Crippen molar-refractivity contribution in [2.45, 2.75) is 110 Å². The highest BCUT2D eigenvalue weighted by molar-refractivity contribution is 5.04. The van der Waals surface area contributed by atoms with Gasteiger partial charge in [-0.3, -0.25) is 0 Å². The Labute approximate surface area is 151 Å². The van der Waals surface area contributed by atoms with Gasteiger partial charge in [-0.15, -0.1) is 0 Å². The van der Waals surface area contributed by atoms with E-state index >= 15 is 0 Å². The van der Waals surface area contributed by atoms with E-state index in [0.717, 1.165) is 35.5 Å². The molecule has 4 rings (SSSR count). The molecule has 0 N–H and O–H groups in total. The third-order valence-electron chi connectivity index (χ3n) is 9.65. The van der Waals surface area contributed by atoms with E-state index in [1.165, 1.54) is 51.4 Å². The van der Waals surface area contributed by atoms with Crippen LogP contribution in [-0.4, -0.2) is 0 Å². The number of rotatable bonds is 2. The summed E-state index contributed by atoms with van der Waals surface area (Å²) in [5.41, 5.74) is 0.672. The van der Waals surface area contributed by atoms with E-state index in [2.05, 4.69) is 13.8 Å². The van der Waals surface area contributed by atoms with E-state index < -0.39 is 0 Å². The molecule has 0 aliphatic heterocycles. The van der Waals surface area contributed by atoms with Gasteiger partial charge in [-0.2, -0.15) is 0 Å². The minimum atomic E-state index is 0.672. The summed E-state index contributed by atoms with van der Waals surface area (Å²) < 4.78 is 0. The van der Waals surface area contributed by atoms with Crippen molar-refractivity contribution in [1.29, 1.82) is 0 Å². The Kier molecular flexibility index (Phi) is 5.31. The monoisotopic (exact) mass is 330 g/mol. The van der Waals surface area contributed by atoms with Crippen molar-refractivity contribution in [3.05, 3.63) is 0 Å². The average Bonchev–Trinajstić information content (AvgIpc) is 2.66. The lowest BCUT2D eigenvalue weighted by Crippen LogP contribution is -2.53. The molecule has 0 heteroatoms. The van der Waals surface area contributed by atoms with Crippen LogP contribution in [0.15, 0.2) is 0 Å². The van der Waals surface area contributed by atoms with Gasteiger partial charge in [0.05, 0.1) is 0 Å². The van der Waals surface area contributed by atoms with Crippen molar-refractivity contribution < 1.29 is 0 Å². The normalized spacial score (nSPS) is 45.8. The molecule has 138 valence electrons. The van der Waals surface area contributed by atoms with Gasteiger partial charge >= 0.3 is 0 Å². The molecule has 0 radical (unpaired) electrons. The maximum atomic E-state index is 2.80. The summed E-state index contributed by atoms with van der Waals surface area (Å²) in [7, 11) is 0. The molecule has 0 bridgehead atoms. The Balaban J connectivity index is 1.62. The Morgan fingerprint density at radius 2 is 1.17 bits per heavy atom. The molecule has 0 amide bonds. The van der Waals surface area contributed by atoms with Crippen molar-refractivity contribution in [3.63, 3.8) is 0 Å². The minimum Gasteiger partial charge on any atom is -0.0617 e. The Bertz CT molecular complexity index is 400. The number of hydrogen-bond acceptors (Lipinski definition) is 0. The largest absolute Gasteiger partial charge is 0.0617 e. The highest BCUT2D eigenvalue weighted by Gasteiger charge is 2.55. The molecular weight excluding hydrogens is 288 g/mol. The first-order chi connectivity index (χ1) is 11.7. The number of hydrogen-bond donors (Lipinski definition) is 0. The smallest absolute Gasteiger partial charge is 0.0238 e. The first kappa shape index (κ1) is 17.4. The van der Waals surface area contributed by atoms with Crippen LogP contribution in [0.2, 0.25) is 0 Å². The molecule has 0 heterocycles. The van der Waals surface area contributed by atoms with E-state index in [4.69, 9.17) is 0 Å². The van der Waals surface area contributed by atoms with Crippen LogP contribution >= 0.6 is 0 Å². The van der Waals surface area contributed by atoms with Gasteiger partial charge in [0, 0.05) is 0 Å². The molecule has 0 aromatic rings. The van der Waals surface area contributed by atoms with Crippen molar-refractivity contribution in [1.82, 2.24) is 0 Å². The summed E-state index contributed by atoms with van der Waals surface area (Å²) in [6.07, 6.45) is 23.2. The molecular formula is C24H42. The SMILES string of the molecule is CC1C(C2CCCCC2)CC2CCCCC2C1(C)C1CCCCC1. The second-order valence-corrected chi connectivity index (χ2v) is 10.4. The molecule has 4 saturated carbocycles. The topological polar surface area (TPSA) is 0 Å². The second-order valence-electron chi connectivity index (χ2n) is 10.4. The Hall–Kier alpha value is 0. The molecule has 0 aromatic heterocycles. The third kappa shape index (κ3) is 2.99. The zero-order valence-corrected chi connectivity index (χ0v) is 16.6. The lowest BCUT2D eigenvalue weighted by molar-refractivity contribution is -0.118. The molecule has 4 fully saturated rings. The quantitative estimate of drug-likeness (QED) is 0.488. The van der Waals surface area contributed by atoms with Gasteiger partial charge in [0.1, 0.15) is 0 Å². The highest BCUT2D eigenvalue weighted by atomic mass is 14.6. The number of fused-ring (bicyclic) bond motifs is 1. The zero-order valence-electron chi connectivity index (χ0n) is 16.6.